The van der Waals surface area contributed by atoms with E-state index in [0.717, 1.165) is 36.1 Å². The first-order valence-electron chi connectivity index (χ1n) is 8.86. The summed E-state index contributed by atoms with van der Waals surface area (Å²) in [6, 6.07) is 0. The monoisotopic (exact) mass is 391 g/mol. The van der Waals surface area contributed by atoms with E-state index in [9.17, 15) is 14.4 Å². The van der Waals surface area contributed by atoms with Gasteiger partial charge in [-0.1, -0.05) is 0 Å². The Labute approximate surface area is 160 Å². The molecule has 0 aromatic carbocycles. The van der Waals surface area contributed by atoms with Crippen LogP contribution in [0.3, 0.4) is 0 Å². The molecular weight excluding hydrogens is 370 g/mol. The van der Waals surface area contributed by atoms with Crippen LogP contribution in [0.2, 0.25) is 0 Å². The molecule has 9 heteroatoms. The number of carbonyl (C=O) groups is 3. The van der Waals surface area contributed by atoms with Gasteiger partial charge in [-0.3, -0.25) is 9.48 Å². The minimum Gasteiger partial charge on any atom is -0.478 e. The lowest BCUT2D eigenvalue weighted by Crippen LogP contribution is -2.17. The van der Waals surface area contributed by atoms with E-state index in [1.165, 1.54) is 28.4 Å². The lowest BCUT2D eigenvalue weighted by Gasteiger charge is -2.12. The Hall–Kier alpha value is -2.68. The van der Waals surface area contributed by atoms with Crippen LogP contribution < -0.4 is 5.32 Å². The van der Waals surface area contributed by atoms with Crippen molar-refractivity contribution in [3.05, 3.63) is 34.0 Å². The summed E-state index contributed by atoms with van der Waals surface area (Å²) >= 11 is 1.44. The third kappa shape index (κ3) is 4.36. The summed E-state index contributed by atoms with van der Waals surface area (Å²) in [5, 5.41) is 16.2. The fourth-order valence-corrected chi connectivity index (χ4v) is 4.37. The molecule has 0 atom stereocenters. The zero-order valence-electron chi connectivity index (χ0n) is 15.0. The second-order valence-corrected chi connectivity index (χ2v) is 7.34. The molecule has 1 aliphatic carbocycles. The van der Waals surface area contributed by atoms with Crippen molar-refractivity contribution >= 4 is 34.2 Å². The number of esters is 1. The zero-order valence-corrected chi connectivity index (χ0v) is 15.8. The smallest absolute Gasteiger partial charge is 0.341 e. The zero-order chi connectivity index (χ0) is 19.4. The number of anilines is 1. The van der Waals surface area contributed by atoms with E-state index in [0.29, 0.717) is 10.6 Å². The third-order valence-corrected chi connectivity index (χ3v) is 5.56. The van der Waals surface area contributed by atoms with Gasteiger partial charge in [0.15, 0.2) is 0 Å². The first kappa shape index (κ1) is 19.1. The fraction of sp³-hybridized carbons (Fsp3) is 0.444. The van der Waals surface area contributed by atoms with Crippen molar-refractivity contribution in [3.63, 3.8) is 0 Å². The number of hydrogen-bond donors (Lipinski definition) is 2. The summed E-state index contributed by atoms with van der Waals surface area (Å²) in [5.74, 6) is -1.72. The number of rotatable bonds is 7. The van der Waals surface area contributed by atoms with Crippen LogP contribution in [0.5, 0.6) is 0 Å². The molecule has 144 valence electrons. The van der Waals surface area contributed by atoms with Crippen LogP contribution in [0, 0.1) is 0 Å². The van der Waals surface area contributed by atoms with Crippen LogP contribution in [0.1, 0.15) is 57.3 Å². The molecule has 2 heterocycles. The van der Waals surface area contributed by atoms with Gasteiger partial charge in [-0.05, 0) is 38.2 Å². The van der Waals surface area contributed by atoms with Crippen molar-refractivity contribution in [2.75, 3.05) is 11.9 Å². The van der Waals surface area contributed by atoms with Gasteiger partial charge in [-0.15, -0.1) is 11.3 Å². The molecule has 0 unspecified atom stereocenters. The van der Waals surface area contributed by atoms with Crippen LogP contribution in [0.25, 0.3) is 0 Å². The number of thiophene rings is 1. The van der Waals surface area contributed by atoms with Gasteiger partial charge < -0.3 is 15.2 Å². The van der Waals surface area contributed by atoms with Crippen molar-refractivity contribution < 1.29 is 24.2 Å². The molecule has 3 rings (SSSR count). The quantitative estimate of drug-likeness (QED) is 0.702. The number of aryl methyl sites for hydroxylation is 2. The normalized spacial score (nSPS) is 13.1. The van der Waals surface area contributed by atoms with E-state index < -0.39 is 11.9 Å². The van der Waals surface area contributed by atoms with Gasteiger partial charge in [0, 0.05) is 24.0 Å². The van der Waals surface area contributed by atoms with E-state index >= 15 is 0 Å². The van der Waals surface area contributed by atoms with Crippen molar-refractivity contribution in [1.29, 1.82) is 0 Å². The molecule has 0 radical (unpaired) electrons. The summed E-state index contributed by atoms with van der Waals surface area (Å²) in [7, 11) is 0. The molecule has 2 aromatic heterocycles. The Morgan fingerprint density at radius 2 is 2.11 bits per heavy atom. The number of ether oxygens (including phenoxy) is 1. The Morgan fingerprint density at radius 1 is 1.33 bits per heavy atom. The standard InChI is InChI=1S/C18H21N3O5S/c1-2-26-18(25)15-12-5-3-4-6-13(12)27-16(15)20-14(22)7-8-21-10-11(9-19-21)17(23)24/h9-10H,2-8H2,1H3,(H,20,22)(H,23,24). The number of carboxylic acid groups (broad SMARTS) is 1. The Balaban J connectivity index is 1.70. The van der Waals surface area contributed by atoms with E-state index in [4.69, 9.17) is 9.84 Å². The summed E-state index contributed by atoms with van der Waals surface area (Å²) in [6.07, 6.45) is 6.57. The molecule has 2 N–H and O–H groups in total. The highest BCUT2D eigenvalue weighted by Crippen LogP contribution is 2.38. The Kier molecular flexibility index (Phi) is 5.90. The Bertz CT molecular complexity index is 870. The van der Waals surface area contributed by atoms with Gasteiger partial charge in [0.2, 0.25) is 5.91 Å². The van der Waals surface area contributed by atoms with Crippen molar-refractivity contribution in [2.24, 2.45) is 0 Å². The Morgan fingerprint density at radius 3 is 2.81 bits per heavy atom. The number of hydrogen-bond acceptors (Lipinski definition) is 6. The first-order valence-corrected chi connectivity index (χ1v) is 9.68. The lowest BCUT2D eigenvalue weighted by atomic mass is 9.95. The highest BCUT2D eigenvalue weighted by molar-refractivity contribution is 7.17. The van der Waals surface area contributed by atoms with Gasteiger partial charge in [0.1, 0.15) is 5.00 Å². The number of nitrogens with one attached hydrogen (secondary N) is 1. The number of carbonyl (C=O) groups excluding carboxylic acids is 2. The third-order valence-electron chi connectivity index (χ3n) is 4.35. The maximum Gasteiger partial charge on any atom is 0.341 e. The number of amides is 1. The van der Waals surface area contributed by atoms with E-state index in [-0.39, 0.29) is 31.0 Å². The topological polar surface area (TPSA) is 111 Å². The molecule has 0 saturated carbocycles. The molecule has 0 spiro atoms. The maximum absolute atomic E-state index is 12.4. The summed E-state index contributed by atoms with van der Waals surface area (Å²) in [5.41, 5.74) is 1.56. The highest BCUT2D eigenvalue weighted by Gasteiger charge is 2.27. The number of aromatic carboxylic acids is 1. The molecule has 8 nitrogen and oxygen atoms in total. The van der Waals surface area contributed by atoms with Crippen LogP contribution in [-0.4, -0.2) is 39.3 Å². The predicted octanol–water partition coefficient (Wildman–Crippen LogP) is 2.73. The SMILES string of the molecule is CCOC(=O)c1c(NC(=O)CCn2cc(C(=O)O)cn2)sc2c1CCCC2. The number of aromatic nitrogens is 2. The molecule has 0 bridgehead atoms. The van der Waals surface area contributed by atoms with Crippen LogP contribution in [0.15, 0.2) is 12.4 Å². The van der Waals surface area contributed by atoms with Crippen molar-refractivity contribution in [3.8, 4) is 0 Å². The minimum atomic E-state index is -1.06. The second-order valence-electron chi connectivity index (χ2n) is 6.23. The summed E-state index contributed by atoms with van der Waals surface area (Å²) in [6.45, 7) is 2.28. The number of nitrogens with zero attached hydrogens (tertiary/aromatic N) is 2. The molecule has 1 amide bonds. The van der Waals surface area contributed by atoms with Gasteiger partial charge in [-0.2, -0.15) is 5.10 Å². The molecule has 2 aromatic rings. The van der Waals surface area contributed by atoms with Gasteiger partial charge in [0.05, 0.1) is 23.9 Å². The fourth-order valence-electron chi connectivity index (χ4n) is 3.07. The number of carboxylic acids is 1. The van der Waals surface area contributed by atoms with E-state index in [2.05, 4.69) is 10.4 Å². The van der Waals surface area contributed by atoms with Crippen LogP contribution in [-0.2, 0) is 28.9 Å². The van der Waals surface area contributed by atoms with Gasteiger partial charge in [0.25, 0.3) is 0 Å². The lowest BCUT2D eigenvalue weighted by molar-refractivity contribution is -0.116. The van der Waals surface area contributed by atoms with Crippen LogP contribution in [0.4, 0.5) is 5.00 Å². The van der Waals surface area contributed by atoms with E-state index in [1.807, 2.05) is 0 Å². The molecular formula is C18H21N3O5S. The molecule has 27 heavy (non-hydrogen) atoms. The molecule has 0 saturated heterocycles. The molecule has 0 fully saturated rings. The summed E-state index contributed by atoms with van der Waals surface area (Å²) in [4.78, 5) is 36.8. The van der Waals surface area contributed by atoms with Crippen molar-refractivity contribution in [2.45, 2.75) is 45.6 Å². The minimum absolute atomic E-state index is 0.0749. The average Bonchev–Trinajstić information content (AvgIpc) is 3.24. The summed E-state index contributed by atoms with van der Waals surface area (Å²) < 4.78 is 6.59. The van der Waals surface area contributed by atoms with E-state index in [1.54, 1.807) is 6.92 Å². The molecule has 1 aliphatic rings. The van der Waals surface area contributed by atoms with Gasteiger partial charge in [-0.25, -0.2) is 9.59 Å². The number of fused-ring (bicyclic) bond motifs is 1. The van der Waals surface area contributed by atoms with Crippen LogP contribution >= 0.6 is 11.3 Å². The first-order chi connectivity index (χ1) is 13.0. The predicted molar refractivity (Wildman–Crippen MR) is 99.4 cm³/mol. The van der Waals surface area contributed by atoms with Gasteiger partial charge >= 0.3 is 11.9 Å². The average molecular weight is 391 g/mol. The van der Waals surface area contributed by atoms with Crippen molar-refractivity contribution in [1.82, 2.24) is 9.78 Å². The largest absolute Gasteiger partial charge is 0.478 e. The second kappa shape index (κ2) is 8.34. The highest BCUT2D eigenvalue weighted by atomic mass is 32.1. The molecule has 0 aliphatic heterocycles. The maximum atomic E-state index is 12.4.